The fourth-order valence-electron chi connectivity index (χ4n) is 5.08. The highest BCUT2D eigenvalue weighted by Crippen LogP contribution is 2.41. The van der Waals surface area contributed by atoms with E-state index in [9.17, 15) is 0 Å². The van der Waals surface area contributed by atoms with Gasteiger partial charge in [-0.3, -0.25) is 9.80 Å². The van der Waals surface area contributed by atoms with Gasteiger partial charge in [0.15, 0.2) is 0 Å². The predicted molar refractivity (Wildman–Crippen MR) is 116 cm³/mol. The van der Waals surface area contributed by atoms with Crippen LogP contribution in [0.3, 0.4) is 0 Å². The summed E-state index contributed by atoms with van der Waals surface area (Å²) in [6, 6.07) is 12.4. The number of imidazole rings is 1. The predicted octanol–water partition coefficient (Wildman–Crippen LogP) is 3.90. The van der Waals surface area contributed by atoms with Crippen LogP contribution in [0, 0.1) is 6.92 Å². The van der Waals surface area contributed by atoms with E-state index in [1.54, 1.807) is 7.11 Å². The Labute approximate surface area is 178 Å². The van der Waals surface area contributed by atoms with E-state index in [2.05, 4.69) is 45.8 Å². The van der Waals surface area contributed by atoms with Gasteiger partial charge in [-0.05, 0) is 63.2 Å². The van der Waals surface area contributed by atoms with Gasteiger partial charge in [0.05, 0.1) is 31.1 Å². The normalized spacial score (nSPS) is 19.2. The van der Waals surface area contributed by atoms with Gasteiger partial charge in [0.1, 0.15) is 23.1 Å². The number of piperidine rings is 1. The molecule has 6 heteroatoms. The molecule has 3 aromatic rings. The molecule has 1 aromatic carbocycles. The number of methoxy groups -OCH3 is 1. The van der Waals surface area contributed by atoms with Gasteiger partial charge >= 0.3 is 0 Å². The SMILES string of the molecule is COc1ccc(-c2cnc3n2CCN(C)C32CCN(Cc3ccc(C)o3)CC2)cc1. The first-order valence-electron chi connectivity index (χ1n) is 10.8. The summed E-state index contributed by atoms with van der Waals surface area (Å²) >= 11 is 0. The van der Waals surface area contributed by atoms with Crippen LogP contribution in [0.15, 0.2) is 47.0 Å². The highest BCUT2D eigenvalue weighted by atomic mass is 16.5. The monoisotopic (exact) mass is 406 g/mol. The zero-order chi connectivity index (χ0) is 20.7. The quantitative estimate of drug-likeness (QED) is 0.658. The van der Waals surface area contributed by atoms with Gasteiger partial charge in [-0.1, -0.05) is 0 Å². The number of aryl methyl sites for hydroxylation is 1. The maximum absolute atomic E-state index is 5.79. The third-order valence-corrected chi connectivity index (χ3v) is 6.91. The zero-order valence-corrected chi connectivity index (χ0v) is 18.1. The van der Waals surface area contributed by atoms with Crippen molar-refractivity contribution in [2.75, 3.05) is 33.8 Å². The minimum atomic E-state index is 0.0125. The highest BCUT2D eigenvalue weighted by Gasteiger charge is 2.45. The molecular formula is C24H30N4O2. The lowest BCUT2D eigenvalue weighted by molar-refractivity contribution is 0.00544. The molecule has 0 amide bonds. The Bertz CT molecular complexity index is 1010. The number of rotatable bonds is 4. The lowest BCUT2D eigenvalue weighted by Crippen LogP contribution is -2.56. The Balaban J connectivity index is 1.39. The Morgan fingerprint density at radius 2 is 1.80 bits per heavy atom. The Hall–Kier alpha value is -2.57. The minimum absolute atomic E-state index is 0.0125. The first-order chi connectivity index (χ1) is 14.6. The molecule has 2 aliphatic heterocycles. The maximum Gasteiger partial charge on any atom is 0.129 e. The topological polar surface area (TPSA) is 46.7 Å². The van der Waals surface area contributed by atoms with Crippen molar-refractivity contribution in [3.63, 3.8) is 0 Å². The highest BCUT2D eigenvalue weighted by molar-refractivity contribution is 5.61. The Kier molecular flexibility index (Phi) is 4.91. The lowest BCUT2D eigenvalue weighted by Gasteiger charge is -2.49. The van der Waals surface area contributed by atoms with Crippen molar-refractivity contribution in [1.82, 2.24) is 19.4 Å². The number of likely N-dealkylation sites (N-methyl/N-ethyl adjacent to an activating group) is 1. The molecule has 5 rings (SSSR count). The Morgan fingerprint density at radius 1 is 1.03 bits per heavy atom. The van der Waals surface area contributed by atoms with Crippen LogP contribution < -0.4 is 4.74 Å². The van der Waals surface area contributed by atoms with Gasteiger partial charge in [0.2, 0.25) is 0 Å². The van der Waals surface area contributed by atoms with E-state index >= 15 is 0 Å². The number of benzene rings is 1. The van der Waals surface area contributed by atoms with Crippen LogP contribution in [0.2, 0.25) is 0 Å². The minimum Gasteiger partial charge on any atom is -0.497 e. The molecule has 0 N–H and O–H groups in total. The van der Waals surface area contributed by atoms with Crippen molar-refractivity contribution in [3.05, 3.63) is 59.9 Å². The number of fused-ring (bicyclic) bond motifs is 2. The third-order valence-electron chi connectivity index (χ3n) is 6.91. The first-order valence-corrected chi connectivity index (χ1v) is 10.8. The summed E-state index contributed by atoms with van der Waals surface area (Å²) in [5.74, 6) is 4.14. The summed E-state index contributed by atoms with van der Waals surface area (Å²) in [6.07, 6.45) is 4.22. The van der Waals surface area contributed by atoms with E-state index in [0.717, 1.165) is 62.8 Å². The van der Waals surface area contributed by atoms with Crippen LogP contribution in [0.5, 0.6) is 5.75 Å². The molecule has 1 saturated heterocycles. The van der Waals surface area contributed by atoms with Gasteiger partial charge in [-0.2, -0.15) is 0 Å². The lowest BCUT2D eigenvalue weighted by atomic mass is 9.83. The standard InChI is InChI=1S/C24H30N4O2/c1-18-4-7-21(30-18)17-27-12-10-24(11-13-27)23-25-16-22(28(23)15-14-26(24)2)19-5-8-20(29-3)9-6-19/h4-9,16H,10-15,17H2,1-3H3. The fraction of sp³-hybridized carbons (Fsp3) is 0.458. The number of ether oxygens (including phenoxy) is 1. The number of aromatic nitrogens is 2. The number of likely N-dealkylation sites (tertiary alicyclic amines) is 1. The molecule has 6 nitrogen and oxygen atoms in total. The summed E-state index contributed by atoms with van der Waals surface area (Å²) < 4.78 is 13.5. The van der Waals surface area contributed by atoms with Gasteiger partial charge in [-0.15, -0.1) is 0 Å². The summed E-state index contributed by atoms with van der Waals surface area (Å²) in [4.78, 5) is 10.0. The first kappa shape index (κ1) is 19.4. The van der Waals surface area contributed by atoms with Crippen molar-refractivity contribution in [2.24, 2.45) is 0 Å². The van der Waals surface area contributed by atoms with Crippen LogP contribution in [-0.4, -0.2) is 53.1 Å². The molecule has 0 unspecified atom stereocenters. The van der Waals surface area contributed by atoms with Gasteiger partial charge in [-0.25, -0.2) is 4.98 Å². The van der Waals surface area contributed by atoms with E-state index in [4.69, 9.17) is 14.1 Å². The fourth-order valence-corrected chi connectivity index (χ4v) is 5.08. The smallest absolute Gasteiger partial charge is 0.129 e. The molecule has 2 aliphatic rings. The number of furan rings is 1. The van der Waals surface area contributed by atoms with E-state index in [1.165, 1.54) is 17.1 Å². The van der Waals surface area contributed by atoms with Crippen molar-refractivity contribution in [3.8, 4) is 17.0 Å². The van der Waals surface area contributed by atoms with Crippen molar-refractivity contribution < 1.29 is 9.15 Å². The van der Waals surface area contributed by atoms with Crippen LogP contribution in [-0.2, 0) is 18.6 Å². The van der Waals surface area contributed by atoms with Gasteiger partial charge in [0, 0.05) is 31.7 Å². The number of hydrogen-bond donors (Lipinski definition) is 0. The van der Waals surface area contributed by atoms with E-state index in [0.29, 0.717) is 0 Å². The van der Waals surface area contributed by atoms with Gasteiger partial charge < -0.3 is 13.7 Å². The molecule has 158 valence electrons. The van der Waals surface area contributed by atoms with Crippen molar-refractivity contribution in [1.29, 1.82) is 0 Å². The molecule has 1 spiro atoms. The molecule has 2 aromatic heterocycles. The molecule has 0 bridgehead atoms. The summed E-state index contributed by atoms with van der Waals surface area (Å²) in [6.45, 7) is 7.02. The molecule has 0 radical (unpaired) electrons. The number of hydrogen-bond acceptors (Lipinski definition) is 5. The summed E-state index contributed by atoms with van der Waals surface area (Å²) in [5, 5.41) is 0. The Morgan fingerprint density at radius 3 is 2.47 bits per heavy atom. The number of nitrogens with zero attached hydrogens (tertiary/aromatic N) is 4. The zero-order valence-electron chi connectivity index (χ0n) is 18.1. The second kappa shape index (κ2) is 7.60. The van der Waals surface area contributed by atoms with Crippen LogP contribution in [0.1, 0.15) is 30.2 Å². The average molecular weight is 407 g/mol. The third kappa shape index (κ3) is 3.24. The summed E-state index contributed by atoms with van der Waals surface area (Å²) in [7, 11) is 3.96. The van der Waals surface area contributed by atoms with Crippen LogP contribution in [0.25, 0.3) is 11.3 Å². The van der Waals surface area contributed by atoms with E-state index in [-0.39, 0.29) is 5.54 Å². The van der Waals surface area contributed by atoms with Gasteiger partial charge in [0.25, 0.3) is 0 Å². The van der Waals surface area contributed by atoms with E-state index in [1.807, 2.05) is 25.1 Å². The molecule has 1 fully saturated rings. The van der Waals surface area contributed by atoms with Crippen LogP contribution in [0.4, 0.5) is 0 Å². The molecule has 4 heterocycles. The maximum atomic E-state index is 5.79. The second-order valence-electron chi connectivity index (χ2n) is 8.59. The average Bonchev–Trinajstić information content (AvgIpc) is 3.39. The molecule has 30 heavy (non-hydrogen) atoms. The molecule has 0 saturated carbocycles. The second-order valence-corrected chi connectivity index (χ2v) is 8.59. The van der Waals surface area contributed by atoms with Crippen LogP contribution >= 0.6 is 0 Å². The summed E-state index contributed by atoms with van der Waals surface area (Å²) in [5.41, 5.74) is 2.41. The molecular weight excluding hydrogens is 376 g/mol. The van der Waals surface area contributed by atoms with Crippen molar-refractivity contribution >= 4 is 0 Å². The van der Waals surface area contributed by atoms with E-state index < -0.39 is 0 Å². The largest absolute Gasteiger partial charge is 0.497 e. The van der Waals surface area contributed by atoms with Crippen molar-refractivity contribution in [2.45, 2.75) is 38.4 Å². The molecule has 0 atom stereocenters. The molecule has 0 aliphatic carbocycles.